The maximum Gasteiger partial charge on any atom is 0.470 e. The van der Waals surface area contributed by atoms with Crippen LogP contribution in [0.25, 0.3) is 0 Å². The first-order chi connectivity index (χ1) is 21.9. The minimum atomic E-state index is -4.92. The highest BCUT2D eigenvalue weighted by Crippen LogP contribution is 2.70. The SMILES string of the molecule is CNc1cccc(Cc2ccc([C@@H]3O[C@@H]4C[C@H]5[C@@H]6CCC7=CCC=C[C@]7(C)[C@H]6[C@@H](O)C[C@]5(C)[C@]4(C(=O)COP(=O)(O)O)O3)cc2)c1. The number of carbonyl (C=O) groups excluding carboxylic acids is 1. The second-order valence-electron chi connectivity index (χ2n) is 14.3. The Hall–Kier alpha value is -2.62. The number of rotatable bonds is 8. The first-order valence-electron chi connectivity index (χ1n) is 16.4. The molecule has 46 heavy (non-hydrogen) atoms. The third kappa shape index (κ3) is 5.07. The van der Waals surface area contributed by atoms with Crippen molar-refractivity contribution in [3.63, 3.8) is 0 Å². The zero-order valence-electron chi connectivity index (χ0n) is 26.6. The van der Waals surface area contributed by atoms with E-state index in [0.29, 0.717) is 12.8 Å². The lowest BCUT2D eigenvalue weighted by atomic mass is 9.46. The standard InChI is InChI=1S/C36H44NO8P/c1-34-16-5-4-8-25(34)14-15-27-28-19-31-36(30(39)21-43-46(40,41)42,35(28,2)20-29(38)32(27)34)45-33(44-31)24-12-10-22(11-13-24)17-23-7-6-9-26(18-23)37-3/h5-13,16,18,27-29,31-33,37-38H,4,14-15,17,19-21H2,1-3H3,(H2,40,41,42)/t27-,28-,29-,31+,32+,33+,34-,35-,36+/m0/s1. The number of ketones is 1. The molecule has 0 spiro atoms. The van der Waals surface area contributed by atoms with E-state index in [-0.39, 0.29) is 23.2 Å². The molecule has 9 nitrogen and oxygen atoms in total. The summed E-state index contributed by atoms with van der Waals surface area (Å²) in [5.74, 6) is -0.421. The number of hydrogen-bond acceptors (Lipinski definition) is 7. The first-order valence-corrected chi connectivity index (χ1v) is 17.9. The molecule has 0 unspecified atom stereocenters. The van der Waals surface area contributed by atoms with Gasteiger partial charge in [-0.25, -0.2) is 4.57 Å². The van der Waals surface area contributed by atoms with Crippen LogP contribution < -0.4 is 5.32 Å². The number of nitrogens with one attached hydrogen (secondary N) is 1. The molecule has 5 aliphatic rings. The summed E-state index contributed by atoms with van der Waals surface area (Å²) in [5, 5.41) is 15.1. The Kier molecular flexibility index (Phi) is 8.00. The third-order valence-electron chi connectivity index (χ3n) is 11.9. The van der Waals surface area contributed by atoms with Gasteiger partial charge in [-0.2, -0.15) is 0 Å². The quantitative estimate of drug-likeness (QED) is 0.205. The van der Waals surface area contributed by atoms with E-state index in [2.05, 4.69) is 42.6 Å². The Morgan fingerprint density at radius 1 is 1.13 bits per heavy atom. The zero-order chi connectivity index (χ0) is 32.5. The molecule has 0 aromatic heterocycles. The third-order valence-corrected chi connectivity index (χ3v) is 12.4. The van der Waals surface area contributed by atoms with Crippen molar-refractivity contribution in [2.75, 3.05) is 19.0 Å². The van der Waals surface area contributed by atoms with Gasteiger partial charge in [0.05, 0.1) is 12.2 Å². The summed E-state index contributed by atoms with van der Waals surface area (Å²) in [6.07, 6.45) is 8.91. The number of hydrogen-bond donors (Lipinski definition) is 4. The van der Waals surface area contributed by atoms with Crippen LogP contribution in [0, 0.1) is 28.6 Å². The van der Waals surface area contributed by atoms with Crippen LogP contribution in [0.1, 0.15) is 68.9 Å². The average molecular weight is 650 g/mol. The van der Waals surface area contributed by atoms with Crippen molar-refractivity contribution < 1.29 is 38.3 Å². The summed E-state index contributed by atoms with van der Waals surface area (Å²) in [5.41, 5.74) is 2.85. The van der Waals surface area contributed by atoms with Crippen LogP contribution in [0.5, 0.6) is 0 Å². The summed E-state index contributed by atoms with van der Waals surface area (Å²) in [4.78, 5) is 33.2. The maximum absolute atomic E-state index is 14.2. The first kappa shape index (κ1) is 32.0. The van der Waals surface area contributed by atoms with Crippen molar-refractivity contribution in [3.8, 4) is 0 Å². The predicted molar refractivity (Wildman–Crippen MR) is 173 cm³/mol. The summed E-state index contributed by atoms with van der Waals surface area (Å²) < 4.78 is 29.8. The lowest BCUT2D eigenvalue weighted by Gasteiger charge is -2.59. The molecule has 246 valence electrons. The number of allylic oxidation sites excluding steroid dienone is 4. The topological polar surface area (TPSA) is 135 Å². The minimum Gasteiger partial charge on any atom is -0.393 e. The van der Waals surface area contributed by atoms with Gasteiger partial charge in [0.1, 0.15) is 6.61 Å². The van der Waals surface area contributed by atoms with E-state index in [1.807, 2.05) is 50.4 Å². The summed E-state index contributed by atoms with van der Waals surface area (Å²) in [6.45, 7) is 3.43. The van der Waals surface area contributed by atoms with Crippen molar-refractivity contribution in [2.24, 2.45) is 28.6 Å². The number of anilines is 1. The van der Waals surface area contributed by atoms with Gasteiger partial charge in [0, 0.05) is 35.0 Å². The van der Waals surface area contributed by atoms with E-state index in [9.17, 15) is 24.3 Å². The number of Topliss-reactive ketones (excluding diaryl/α,β-unsaturated/α-hetero) is 1. The second kappa shape index (κ2) is 11.5. The molecular weight excluding hydrogens is 605 g/mol. The van der Waals surface area contributed by atoms with Crippen molar-refractivity contribution in [1.82, 2.24) is 0 Å². The number of phosphoric ester groups is 1. The van der Waals surface area contributed by atoms with Crippen molar-refractivity contribution >= 4 is 19.3 Å². The van der Waals surface area contributed by atoms with E-state index >= 15 is 0 Å². The molecular formula is C36H44NO8P. The molecule has 0 radical (unpaired) electrons. The van der Waals surface area contributed by atoms with Gasteiger partial charge in [0.15, 0.2) is 17.7 Å². The number of ether oxygens (including phenoxy) is 2. The Morgan fingerprint density at radius 3 is 2.65 bits per heavy atom. The maximum atomic E-state index is 14.2. The van der Waals surface area contributed by atoms with Gasteiger partial charge >= 0.3 is 7.82 Å². The van der Waals surface area contributed by atoms with Gasteiger partial charge in [-0.1, -0.05) is 74.0 Å². The summed E-state index contributed by atoms with van der Waals surface area (Å²) in [6, 6.07) is 16.2. The zero-order valence-corrected chi connectivity index (χ0v) is 27.5. The molecule has 1 aliphatic heterocycles. The second-order valence-corrected chi connectivity index (χ2v) is 15.5. The van der Waals surface area contributed by atoms with Crippen molar-refractivity contribution in [1.29, 1.82) is 0 Å². The summed E-state index contributed by atoms with van der Waals surface area (Å²) in [7, 11) is -3.02. The fraction of sp³-hybridized carbons (Fsp3) is 0.528. The predicted octanol–water partition coefficient (Wildman–Crippen LogP) is 5.86. The molecule has 4 aliphatic carbocycles. The van der Waals surface area contributed by atoms with Gasteiger partial charge < -0.3 is 29.7 Å². The van der Waals surface area contributed by atoms with Crippen LogP contribution in [0.3, 0.4) is 0 Å². The number of benzene rings is 2. The lowest BCUT2D eigenvalue weighted by molar-refractivity contribution is -0.200. The fourth-order valence-corrected chi connectivity index (χ4v) is 10.3. The Balaban J connectivity index is 1.19. The van der Waals surface area contributed by atoms with Crippen LogP contribution in [0.4, 0.5) is 5.69 Å². The molecule has 4 N–H and O–H groups in total. The Morgan fingerprint density at radius 2 is 1.91 bits per heavy atom. The van der Waals surface area contributed by atoms with Gasteiger partial charge in [-0.15, -0.1) is 0 Å². The number of aliphatic hydroxyl groups excluding tert-OH is 1. The highest BCUT2D eigenvalue weighted by Gasteiger charge is 2.76. The van der Waals surface area contributed by atoms with E-state index in [1.54, 1.807) is 0 Å². The molecule has 0 amide bonds. The molecule has 9 atom stereocenters. The number of aliphatic hydroxyl groups is 1. The van der Waals surface area contributed by atoms with Gasteiger partial charge in [-0.3, -0.25) is 9.32 Å². The monoisotopic (exact) mass is 649 g/mol. The van der Waals surface area contributed by atoms with Crippen molar-refractivity contribution in [2.45, 2.75) is 76.5 Å². The lowest BCUT2D eigenvalue weighted by Crippen LogP contribution is -2.63. The molecule has 7 rings (SSSR count). The van der Waals surface area contributed by atoms with Crippen LogP contribution in [0.15, 0.2) is 72.3 Å². The van der Waals surface area contributed by atoms with Crippen LogP contribution in [-0.2, 0) is 29.8 Å². The number of carbonyl (C=O) groups is 1. The molecule has 2 aromatic rings. The van der Waals surface area contributed by atoms with E-state index in [0.717, 1.165) is 42.5 Å². The summed E-state index contributed by atoms with van der Waals surface area (Å²) >= 11 is 0. The van der Waals surface area contributed by atoms with Crippen LogP contribution >= 0.6 is 7.82 Å². The highest BCUT2D eigenvalue weighted by molar-refractivity contribution is 7.46. The molecule has 4 fully saturated rings. The molecule has 1 saturated heterocycles. The van der Waals surface area contributed by atoms with E-state index in [1.165, 1.54) is 11.1 Å². The van der Waals surface area contributed by atoms with E-state index in [4.69, 9.17) is 14.0 Å². The molecule has 1 heterocycles. The van der Waals surface area contributed by atoms with Gasteiger partial charge in [0.25, 0.3) is 0 Å². The van der Waals surface area contributed by atoms with Crippen LogP contribution in [-0.4, -0.2) is 52.1 Å². The van der Waals surface area contributed by atoms with Crippen LogP contribution in [0.2, 0.25) is 0 Å². The number of phosphoric acid groups is 1. The average Bonchev–Trinajstić information content (AvgIpc) is 3.52. The normalized spacial score (nSPS) is 37.9. The molecule has 10 heteroatoms. The van der Waals surface area contributed by atoms with Gasteiger partial charge in [-0.05, 0) is 73.6 Å². The molecule has 3 saturated carbocycles. The van der Waals surface area contributed by atoms with Crippen molar-refractivity contribution in [3.05, 3.63) is 89.0 Å². The number of fused-ring (bicyclic) bond motifs is 7. The fourth-order valence-electron chi connectivity index (χ4n) is 9.97. The largest absolute Gasteiger partial charge is 0.470 e. The highest BCUT2D eigenvalue weighted by atomic mass is 31.2. The van der Waals surface area contributed by atoms with Gasteiger partial charge in [0.2, 0.25) is 0 Å². The molecule has 2 aromatic carbocycles. The Labute approximate surface area is 270 Å². The minimum absolute atomic E-state index is 0.00315. The smallest absolute Gasteiger partial charge is 0.393 e. The molecule has 0 bridgehead atoms. The van der Waals surface area contributed by atoms with E-state index < -0.39 is 49.7 Å². The Bertz CT molecular complexity index is 1620.